The van der Waals surface area contributed by atoms with E-state index in [2.05, 4.69) is 182 Å². The second-order valence-corrected chi connectivity index (χ2v) is 14.3. The lowest BCUT2D eigenvalue weighted by molar-refractivity contribution is 1.61. The van der Waals surface area contributed by atoms with Gasteiger partial charge in [0.2, 0.25) is 0 Å². The third kappa shape index (κ3) is 3.66. The van der Waals surface area contributed by atoms with Crippen LogP contribution in [0.5, 0.6) is 0 Å². The molecule has 0 radical (unpaired) electrons. The van der Waals surface area contributed by atoms with E-state index >= 15 is 0 Å². The second kappa shape index (κ2) is 10.4. The number of hydrogen-bond donors (Lipinski definition) is 0. The molecule has 12 aromatic rings. The number of fused-ring (bicyclic) bond motifs is 9. The molecular formula is C52H30. The van der Waals surface area contributed by atoms with E-state index in [1.165, 1.54) is 120 Å². The average molecular weight is 655 g/mol. The highest BCUT2D eigenvalue weighted by Gasteiger charge is 2.26. The van der Waals surface area contributed by atoms with E-state index in [1.54, 1.807) is 0 Å². The van der Waals surface area contributed by atoms with Crippen LogP contribution in [0.4, 0.5) is 0 Å². The van der Waals surface area contributed by atoms with Crippen molar-refractivity contribution < 1.29 is 0 Å². The van der Waals surface area contributed by atoms with Crippen molar-refractivity contribution in [2.24, 2.45) is 0 Å². The van der Waals surface area contributed by atoms with Gasteiger partial charge >= 0.3 is 0 Å². The molecule has 0 fully saturated rings. The Balaban J connectivity index is 1.41. The zero-order chi connectivity index (χ0) is 33.9. The van der Waals surface area contributed by atoms with E-state index in [-0.39, 0.29) is 0 Å². The van der Waals surface area contributed by atoms with E-state index in [9.17, 15) is 0 Å². The molecule has 12 aromatic carbocycles. The SMILES string of the molecule is c1ccc(-c2ccccc2-c2c3cc4c(cc3c(-c3ccccc3)c3c5cc6ccccc6c6cccc(c23)c65)c2cccc3cccc4c32)cc1. The first-order valence-corrected chi connectivity index (χ1v) is 18.2. The van der Waals surface area contributed by atoms with Gasteiger partial charge in [-0.1, -0.05) is 164 Å². The predicted octanol–water partition coefficient (Wildman–Crippen LogP) is 14.8. The van der Waals surface area contributed by atoms with Crippen LogP contribution in [0.3, 0.4) is 0 Å². The maximum absolute atomic E-state index is 2.53. The molecule has 0 bridgehead atoms. The number of rotatable bonds is 3. The zero-order valence-corrected chi connectivity index (χ0v) is 28.3. The highest BCUT2D eigenvalue weighted by Crippen LogP contribution is 2.54. The first-order chi connectivity index (χ1) is 25.8. The lowest BCUT2D eigenvalue weighted by Crippen LogP contribution is -1.92. The van der Waals surface area contributed by atoms with E-state index in [0.29, 0.717) is 0 Å². The molecule has 0 heteroatoms. The predicted molar refractivity (Wildman–Crippen MR) is 225 cm³/mol. The van der Waals surface area contributed by atoms with Crippen LogP contribution in [-0.4, -0.2) is 0 Å². The van der Waals surface area contributed by atoms with Crippen LogP contribution >= 0.6 is 0 Å². The molecule has 0 unspecified atom stereocenters. The Kier molecular flexibility index (Phi) is 5.59. The van der Waals surface area contributed by atoms with Crippen molar-refractivity contribution in [1.82, 2.24) is 0 Å². The third-order valence-electron chi connectivity index (χ3n) is 11.7. The Morgan fingerprint density at radius 2 is 0.712 bits per heavy atom. The minimum absolute atomic E-state index is 1.23. The molecule has 0 aliphatic carbocycles. The standard InChI is InChI=1S/C52H30/c1-3-14-31(15-4-1)35-21-9-10-23-38(35)50-45-30-43-40-25-12-20-32-19-11-24-39(47(32)40)42(43)29-44(45)48(33-16-5-2-6-17-33)52-46-28-34-18-7-8-22-36(34)37-26-13-27-41(49(37)46)51(50)52/h1-30H. The van der Waals surface area contributed by atoms with Crippen molar-refractivity contribution in [2.75, 3.05) is 0 Å². The fraction of sp³-hybridized carbons (Fsp3) is 0. The molecule has 12 rings (SSSR count). The van der Waals surface area contributed by atoms with Crippen LogP contribution in [0.1, 0.15) is 0 Å². The van der Waals surface area contributed by atoms with Gasteiger partial charge in [0, 0.05) is 0 Å². The summed E-state index contributed by atoms with van der Waals surface area (Å²) >= 11 is 0. The summed E-state index contributed by atoms with van der Waals surface area (Å²) in [7, 11) is 0. The van der Waals surface area contributed by atoms with Crippen molar-refractivity contribution >= 4 is 86.2 Å². The Morgan fingerprint density at radius 1 is 0.212 bits per heavy atom. The fourth-order valence-corrected chi connectivity index (χ4v) is 9.63. The summed E-state index contributed by atoms with van der Waals surface area (Å²) in [5.74, 6) is 0. The van der Waals surface area contributed by atoms with Gasteiger partial charge in [0.25, 0.3) is 0 Å². The topological polar surface area (TPSA) is 0 Å². The van der Waals surface area contributed by atoms with Gasteiger partial charge in [0.1, 0.15) is 0 Å². The van der Waals surface area contributed by atoms with Gasteiger partial charge in [-0.05, 0) is 138 Å². The fourth-order valence-electron chi connectivity index (χ4n) is 9.63. The minimum Gasteiger partial charge on any atom is -0.0622 e. The number of benzene rings is 10. The van der Waals surface area contributed by atoms with Gasteiger partial charge < -0.3 is 0 Å². The van der Waals surface area contributed by atoms with Crippen LogP contribution in [0.25, 0.3) is 120 Å². The van der Waals surface area contributed by atoms with Crippen molar-refractivity contribution in [3.8, 4) is 33.4 Å². The van der Waals surface area contributed by atoms with Crippen LogP contribution < -0.4 is 0 Å². The first-order valence-electron chi connectivity index (χ1n) is 18.2. The van der Waals surface area contributed by atoms with E-state index in [1.807, 2.05) is 0 Å². The summed E-state index contributed by atoms with van der Waals surface area (Å²) in [6, 6.07) is 68.0. The maximum atomic E-state index is 2.53. The molecule has 0 atom stereocenters. The van der Waals surface area contributed by atoms with Crippen LogP contribution in [0, 0.1) is 0 Å². The molecule has 238 valence electrons. The summed E-state index contributed by atoms with van der Waals surface area (Å²) in [5, 5.41) is 21.1. The van der Waals surface area contributed by atoms with Crippen molar-refractivity contribution in [3.05, 3.63) is 182 Å². The smallest absolute Gasteiger partial charge is 0.000718 e. The zero-order valence-electron chi connectivity index (χ0n) is 28.3. The molecule has 0 N–H and O–H groups in total. The van der Waals surface area contributed by atoms with E-state index < -0.39 is 0 Å². The summed E-state index contributed by atoms with van der Waals surface area (Å²) in [6.45, 7) is 0. The molecule has 0 saturated heterocycles. The van der Waals surface area contributed by atoms with Crippen molar-refractivity contribution in [3.63, 3.8) is 0 Å². The lowest BCUT2D eigenvalue weighted by Gasteiger charge is -2.19. The highest BCUT2D eigenvalue weighted by molar-refractivity contribution is 6.43. The molecule has 0 aromatic heterocycles. The summed E-state index contributed by atoms with van der Waals surface area (Å²) in [4.78, 5) is 0. The van der Waals surface area contributed by atoms with E-state index in [4.69, 9.17) is 0 Å². The Morgan fingerprint density at radius 3 is 1.44 bits per heavy atom. The van der Waals surface area contributed by atoms with Crippen LogP contribution in [0.2, 0.25) is 0 Å². The monoisotopic (exact) mass is 654 g/mol. The summed E-state index contributed by atoms with van der Waals surface area (Å²) < 4.78 is 0. The van der Waals surface area contributed by atoms with Crippen LogP contribution in [-0.2, 0) is 0 Å². The second-order valence-electron chi connectivity index (χ2n) is 14.3. The molecule has 0 nitrogen and oxygen atoms in total. The van der Waals surface area contributed by atoms with Crippen molar-refractivity contribution in [2.45, 2.75) is 0 Å². The highest BCUT2D eigenvalue weighted by atomic mass is 14.3. The molecule has 0 spiro atoms. The van der Waals surface area contributed by atoms with Gasteiger partial charge in [-0.25, -0.2) is 0 Å². The van der Waals surface area contributed by atoms with Gasteiger partial charge in [-0.3, -0.25) is 0 Å². The van der Waals surface area contributed by atoms with Gasteiger partial charge in [-0.15, -0.1) is 0 Å². The van der Waals surface area contributed by atoms with Crippen molar-refractivity contribution in [1.29, 1.82) is 0 Å². The third-order valence-corrected chi connectivity index (χ3v) is 11.7. The van der Waals surface area contributed by atoms with E-state index in [0.717, 1.165) is 0 Å². The molecule has 0 amide bonds. The maximum Gasteiger partial charge on any atom is -0.000718 e. The summed E-state index contributed by atoms with van der Waals surface area (Å²) in [6.07, 6.45) is 0. The molecule has 0 heterocycles. The Labute approximate surface area is 300 Å². The van der Waals surface area contributed by atoms with Gasteiger partial charge in [0.05, 0.1) is 0 Å². The van der Waals surface area contributed by atoms with Crippen LogP contribution in [0.15, 0.2) is 182 Å². The largest absolute Gasteiger partial charge is 0.0622 e. The molecular weight excluding hydrogens is 625 g/mol. The average Bonchev–Trinajstić information content (AvgIpc) is 3.70. The molecule has 0 aliphatic rings. The molecule has 0 aliphatic heterocycles. The lowest BCUT2D eigenvalue weighted by atomic mass is 9.83. The Hall–Kier alpha value is -6.76. The normalized spacial score (nSPS) is 12.2. The molecule has 52 heavy (non-hydrogen) atoms. The van der Waals surface area contributed by atoms with Gasteiger partial charge in [0.15, 0.2) is 0 Å². The van der Waals surface area contributed by atoms with Gasteiger partial charge in [-0.2, -0.15) is 0 Å². The number of hydrogen-bond acceptors (Lipinski definition) is 0. The molecule has 0 saturated carbocycles. The minimum atomic E-state index is 1.23. The Bertz CT molecular complexity index is 3370. The summed E-state index contributed by atoms with van der Waals surface area (Å²) in [5.41, 5.74) is 7.60. The quantitative estimate of drug-likeness (QED) is 0.166. The first kappa shape index (κ1) is 28.0.